The highest BCUT2D eigenvalue weighted by molar-refractivity contribution is 6.12. The van der Waals surface area contributed by atoms with Gasteiger partial charge in [0.25, 0.3) is 0 Å². The van der Waals surface area contributed by atoms with Gasteiger partial charge in [0.15, 0.2) is 17.3 Å². The summed E-state index contributed by atoms with van der Waals surface area (Å²) in [4.78, 5) is 25.2. The Kier molecular flexibility index (Phi) is 3.85. The van der Waals surface area contributed by atoms with Gasteiger partial charge < -0.3 is 23.7 Å². The van der Waals surface area contributed by atoms with Gasteiger partial charge in [-0.15, -0.1) is 0 Å². The lowest BCUT2D eigenvalue weighted by atomic mass is 9.78. The fourth-order valence-corrected chi connectivity index (χ4v) is 3.23. The predicted octanol–water partition coefficient (Wildman–Crippen LogP) is 1.54. The number of carbonyl (C=O) groups is 2. The lowest BCUT2D eigenvalue weighted by Gasteiger charge is -2.43. The van der Waals surface area contributed by atoms with Gasteiger partial charge in [-0.25, -0.2) is 0 Å². The minimum atomic E-state index is -1.62. The van der Waals surface area contributed by atoms with Crippen LogP contribution in [0.25, 0.3) is 0 Å². The number of benzene rings is 1. The van der Waals surface area contributed by atoms with Crippen LogP contribution in [0.2, 0.25) is 0 Å². The molecule has 2 aliphatic rings. The van der Waals surface area contributed by atoms with E-state index in [1.165, 1.54) is 46.7 Å². The summed E-state index contributed by atoms with van der Waals surface area (Å²) in [5.41, 5.74) is -1.34. The summed E-state index contributed by atoms with van der Waals surface area (Å²) in [6, 6.07) is 3.09. The van der Waals surface area contributed by atoms with E-state index < -0.39 is 17.2 Å². The number of ether oxygens (including phenoxy) is 5. The van der Waals surface area contributed by atoms with E-state index in [-0.39, 0.29) is 17.8 Å². The first-order valence-corrected chi connectivity index (χ1v) is 7.29. The fraction of sp³-hybridized carbons (Fsp3) is 0.412. The van der Waals surface area contributed by atoms with Crippen LogP contribution in [0.1, 0.15) is 16.8 Å². The zero-order valence-corrected chi connectivity index (χ0v) is 13.9. The SMILES string of the molecule is COc1cc2c(cc1OC)C(=O)C1(CC(=O)C=CC1(OC)OC)O2. The van der Waals surface area contributed by atoms with Crippen molar-refractivity contribution in [3.05, 3.63) is 29.8 Å². The first-order chi connectivity index (χ1) is 11.5. The second-order valence-corrected chi connectivity index (χ2v) is 5.51. The normalized spacial score (nSPS) is 24.0. The second kappa shape index (κ2) is 5.61. The Hall–Kier alpha value is -2.38. The Balaban J connectivity index is 2.18. The van der Waals surface area contributed by atoms with Gasteiger partial charge in [-0.2, -0.15) is 0 Å². The Labute approximate surface area is 139 Å². The van der Waals surface area contributed by atoms with Gasteiger partial charge in [0.2, 0.25) is 17.2 Å². The molecule has 7 heteroatoms. The third-order valence-electron chi connectivity index (χ3n) is 4.46. The van der Waals surface area contributed by atoms with Gasteiger partial charge in [-0.1, -0.05) is 0 Å². The molecule has 0 radical (unpaired) electrons. The van der Waals surface area contributed by atoms with Crippen molar-refractivity contribution >= 4 is 11.6 Å². The minimum Gasteiger partial charge on any atom is -0.493 e. The van der Waals surface area contributed by atoms with Gasteiger partial charge in [-0.05, 0) is 18.2 Å². The van der Waals surface area contributed by atoms with E-state index >= 15 is 0 Å². The monoisotopic (exact) mass is 334 g/mol. The number of fused-ring (bicyclic) bond motifs is 1. The van der Waals surface area contributed by atoms with E-state index in [1.807, 2.05) is 0 Å². The third kappa shape index (κ3) is 1.98. The number of Topliss-reactive ketones (excluding diaryl/α,β-unsaturated/α-hetero) is 1. The molecular weight excluding hydrogens is 316 g/mol. The molecule has 1 aliphatic carbocycles. The number of methoxy groups -OCH3 is 4. The zero-order valence-electron chi connectivity index (χ0n) is 13.9. The number of ketones is 2. The molecule has 128 valence electrons. The average Bonchev–Trinajstić information content (AvgIpc) is 2.86. The summed E-state index contributed by atoms with van der Waals surface area (Å²) < 4.78 is 27.3. The van der Waals surface area contributed by atoms with Crippen LogP contribution in [0.3, 0.4) is 0 Å². The van der Waals surface area contributed by atoms with E-state index in [2.05, 4.69) is 0 Å². The van der Waals surface area contributed by atoms with Crippen molar-refractivity contribution in [1.29, 1.82) is 0 Å². The summed E-state index contributed by atoms with van der Waals surface area (Å²) in [7, 11) is 5.75. The average molecular weight is 334 g/mol. The highest BCUT2D eigenvalue weighted by Crippen LogP contribution is 2.50. The molecule has 24 heavy (non-hydrogen) atoms. The maximum atomic E-state index is 13.2. The highest BCUT2D eigenvalue weighted by Gasteiger charge is 2.65. The quantitative estimate of drug-likeness (QED) is 0.773. The van der Waals surface area contributed by atoms with Gasteiger partial charge >= 0.3 is 0 Å². The summed E-state index contributed by atoms with van der Waals surface area (Å²) in [5, 5.41) is 0. The molecule has 1 spiro atoms. The Bertz CT molecular complexity index is 733. The van der Waals surface area contributed by atoms with Gasteiger partial charge in [0.1, 0.15) is 5.75 Å². The fourth-order valence-electron chi connectivity index (χ4n) is 3.23. The Morgan fingerprint density at radius 3 is 2.21 bits per heavy atom. The summed E-state index contributed by atoms with van der Waals surface area (Å²) in [6.07, 6.45) is 2.56. The van der Waals surface area contributed by atoms with Crippen LogP contribution in [-0.4, -0.2) is 51.4 Å². The topological polar surface area (TPSA) is 80.3 Å². The van der Waals surface area contributed by atoms with Crippen molar-refractivity contribution in [3.8, 4) is 17.2 Å². The lowest BCUT2D eigenvalue weighted by Crippen LogP contribution is -2.64. The van der Waals surface area contributed by atoms with Crippen LogP contribution in [0.4, 0.5) is 0 Å². The lowest BCUT2D eigenvalue weighted by molar-refractivity contribution is -0.244. The molecule has 1 heterocycles. The molecule has 7 nitrogen and oxygen atoms in total. The second-order valence-electron chi connectivity index (χ2n) is 5.51. The first-order valence-electron chi connectivity index (χ1n) is 7.29. The molecule has 3 rings (SSSR count). The summed E-state index contributed by atoms with van der Waals surface area (Å²) in [6.45, 7) is 0. The van der Waals surface area contributed by atoms with Crippen LogP contribution >= 0.6 is 0 Å². The van der Waals surface area contributed by atoms with Crippen molar-refractivity contribution < 1.29 is 33.3 Å². The minimum absolute atomic E-state index is 0.191. The maximum absolute atomic E-state index is 13.2. The molecule has 1 aromatic carbocycles. The van der Waals surface area contributed by atoms with E-state index in [1.54, 1.807) is 6.07 Å². The van der Waals surface area contributed by atoms with Crippen molar-refractivity contribution in [2.75, 3.05) is 28.4 Å². The molecule has 1 unspecified atom stereocenters. The van der Waals surface area contributed by atoms with Gasteiger partial charge in [-0.3, -0.25) is 9.59 Å². The van der Waals surface area contributed by atoms with Gasteiger partial charge in [0, 0.05) is 20.3 Å². The number of allylic oxidation sites excluding steroid dienone is 1. The maximum Gasteiger partial charge on any atom is 0.237 e. The molecule has 1 aromatic rings. The van der Waals surface area contributed by atoms with Crippen LogP contribution in [-0.2, 0) is 14.3 Å². The number of carbonyl (C=O) groups excluding carboxylic acids is 2. The summed E-state index contributed by atoms with van der Waals surface area (Å²) >= 11 is 0. The third-order valence-corrected chi connectivity index (χ3v) is 4.46. The standard InChI is InChI=1S/C17H18O7/c1-20-13-7-11-12(8-14(13)21-2)24-16(15(11)19)9-10(18)5-6-17(16,22-3)23-4/h5-8H,9H2,1-4H3. The number of hydrogen-bond donors (Lipinski definition) is 0. The Morgan fingerprint density at radius 1 is 1.00 bits per heavy atom. The van der Waals surface area contributed by atoms with Crippen LogP contribution in [0.15, 0.2) is 24.3 Å². The number of rotatable bonds is 4. The smallest absolute Gasteiger partial charge is 0.237 e. The highest BCUT2D eigenvalue weighted by atomic mass is 16.7. The van der Waals surface area contributed by atoms with Crippen LogP contribution in [0.5, 0.6) is 17.2 Å². The predicted molar refractivity (Wildman–Crippen MR) is 82.7 cm³/mol. The molecule has 0 saturated heterocycles. The molecule has 1 atom stereocenters. The van der Waals surface area contributed by atoms with Crippen molar-refractivity contribution in [1.82, 2.24) is 0 Å². The largest absolute Gasteiger partial charge is 0.493 e. The summed E-state index contributed by atoms with van der Waals surface area (Å²) in [5.74, 6) is -1.06. The van der Waals surface area contributed by atoms with Crippen LogP contribution in [0, 0.1) is 0 Å². The molecular formula is C17H18O7. The zero-order chi connectivity index (χ0) is 17.5. The molecule has 0 saturated carbocycles. The molecule has 0 fully saturated rings. The molecule has 0 N–H and O–H groups in total. The van der Waals surface area contributed by atoms with Crippen molar-refractivity contribution in [2.24, 2.45) is 0 Å². The van der Waals surface area contributed by atoms with Gasteiger partial charge in [0.05, 0.1) is 26.2 Å². The van der Waals surface area contributed by atoms with Crippen molar-refractivity contribution in [3.63, 3.8) is 0 Å². The van der Waals surface area contributed by atoms with Crippen LogP contribution < -0.4 is 14.2 Å². The van der Waals surface area contributed by atoms with E-state index in [0.717, 1.165) is 0 Å². The number of hydrogen-bond acceptors (Lipinski definition) is 7. The Morgan fingerprint density at radius 2 is 1.62 bits per heavy atom. The molecule has 0 bridgehead atoms. The molecule has 0 amide bonds. The van der Waals surface area contributed by atoms with E-state index in [9.17, 15) is 9.59 Å². The van der Waals surface area contributed by atoms with E-state index in [4.69, 9.17) is 23.7 Å². The van der Waals surface area contributed by atoms with Crippen molar-refractivity contribution in [2.45, 2.75) is 17.8 Å². The first kappa shape index (κ1) is 16.5. The van der Waals surface area contributed by atoms with E-state index in [0.29, 0.717) is 17.2 Å². The molecule has 1 aliphatic heterocycles. The molecule has 0 aromatic heterocycles.